The molecule has 0 amide bonds. The average Bonchev–Trinajstić information content (AvgIpc) is 2.39. The van der Waals surface area contributed by atoms with Gasteiger partial charge in [-0.1, -0.05) is 17.9 Å². The van der Waals surface area contributed by atoms with E-state index in [1.807, 2.05) is 0 Å². The Kier molecular flexibility index (Phi) is 9.67. The van der Waals surface area contributed by atoms with Gasteiger partial charge in [0.15, 0.2) is 0 Å². The predicted octanol–water partition coefficient (Wildman–Crippen LogP) is 3.15. The molecule has 0 heterocycles. The fourth-order valence-electron chi connectivity index (χ4n) is 0.826. The summed E-state index contributed by atoms with van der Waals surface area (Å²) in [6.45, 7) is 3.48. The van der Waals surface area contributed by atoms with Crippen molar-refractivity contribution in [2.45, 2.75) is 25.7 Å². The smallest absolute Gasteiger partial charge is 0.362 e. The van der Waals surface area contributed by atoms with Gasteiger partial charge < -0.3 is 9.05 Å². The highest BCUT2D eigenvalue weighted by molar-refractivity contribution is 7.54. The fourth-order valence-corrected chi connectivity index (χ4v) is 1.74. The topological polar surface area (TPSA) is 35.5 Å². The molecule has 0 saturated carbocycles. The zero-order valence-electron chi connectivity index (χ0n) is 10.6. The first-order chi connectivity index (χ1) is 9.18. The lowest BCUT2D eigenvalue weighted by atomic mass is 10.3. The molecule has 0 aromatic rings. The summed E-state index contributed by atoms with van der Waals surface area (Å²) in [5.41, 5.74) is 0. The van der Waals surface area contributed by atoms with Crippen LogP contribution in [0.4, 0.5) is 0 Å². The van der Waals surface area contributed by atoms with Crippen LogP contribution >= 0.6 is 7.60 Å². The Morgan fingerprint density at radius 3 is 1.84 bits per heavy atom. The Balaban J connectivity index is 4.40. The van der Waals surface area contributed by atoms with E-state index in [-0.39, 0.29) is 6.16 Å². The van der Waals surface area contributed by atoms with Crippen molar-refractivity contribution >= 4 is 7.60 Å². The van der Waals surface area contributed by atoms with E-state index in [0.29, 0.717) is 25.7 Å². The zero-order chi connectivity index (χ0) is 14.4. The molecule has 0 bridgehead atoms. The quantitative estimate of drug-likeness (QED) is 0.323. The van der Waals surface area contributed by atoms with Gasteiger partial charge >= 0.3 is 7.60 Å². The Hall–Kier alpha value is -2.19. The highest BCUT2D eigenvalue weighted by Crippen LogP contribution is 2.47. The molecule has 98 valence electrons. The molecule has 0 aromatic carbocycles. The Morgan fingerprint density at radius 1 is 1.00 bits per heavy atom. The standard InChI is InChI=1S/C15H15O3P/c1-4-7-9-11-13-17-19(16,15-6-3)18-14-12-10-8-5-2/h1-2,6H,3,7-10,15H2. The van der Waals surface area contributed by atoms with E-state index in [1.165, 1.54) is 6.08 Å². The van der Waals surface area contributed by atoms with Crippen molar-refractivity contribution < 1.29 is 13.6 Å². The second-order valence-electron chi connectivity index (χ2n) is 3.23. The summed E-state index contributed by atoms with van der Waals surface area (Å²) in [6.07, 6.45) is 18.2. The minimum absolute atomic E-state index is 0.0284. The maximum Gasteiger partial charge on any atom is 0.450 e. The van der Waals surface area contributed by atoms with Gasteiger partial charge in [0, 0.05) is 25.7 Å². The molecule has 0 saturated heterocycles. The summed E-state index contributed by atoms with van der Waals surface area (Å²) in [6, 6.07) is 0. The Morgan fingerprint density at radius 2 is 1.47 bits per heavy atom. The Bertz CT molecular complexity index is 484. The normalized spacial score (nSPS) is 8.53. The van der Waals surface area contributed by atoms with Gasteiger partial charge in [0.1, 0.15) is 12.2 Å². The van der Waals surface area contributed by atoms with E-state index in [4.69, 9.17) is 21.9 Å². The van der Waals surface area contributed by atoms with Crippen molar-refractivity contribution in [1.82, 2.24) is 0 Å². The first-order valence-electron chi connectivity index (χ1n) is 5.58. The number of unbranched alkanes of at least 4 members (excludes halogenated alkanes) is 2. The molecule has 0 fully saturated rings. The molecule has 0 atom stereocenters. The van der Waals surface area contributed by atoms with E-state index >= 15 is 0 Å². The summed E-state index contributed by atoms with van der Waals surface area (Å²) >= 11 is 0. The monoisotopic (exact) mass is 274 g/mol. The molecule has 0 spiro atoms. The van der Waals surface area contributed by atoms with Gasteiger partial charge in [0.2, 0.25) is 0 Å². The first kappa shape index (κ1) is 16.8. The van der Waals surface area contributed by atoms with Crippen molar-refractivity contribution in [3.8, 4) is 48.7 Å². The molecular formula is C15H15O3P. The number of hydrogen-bond donors (Lipinski definition) is 0. The van der Waals surface area contributed by atoms with Crippen LogP contribution in [0.5, 0.6) is 0 Å². The summed E-state index contributed by atoms with van der Waals surface area (Å²) in [5.74, 6) is 10.1. The maximum atomic E-state index is 12.1. The lowest BCUT2D eigenvalue weighted by molar-refractivity contribution is 0.357. The van der Waals surface area contributed by atoms with Crippen molar-refractivity contribution in [3.05, 3.63) is 12.7 Å². The van der Waals surface area contributed by atoms with Crippen molar-refractivity contribution in [3.63, 3.8) is 0 Å². The van der Waals surface area contributed by atoms with E-state index < -0.39 is 7.60 Å². The molecule has 3 nitrogen and oxygen atoms in total. The van der Waals surface area contributed by atoms with E-state index in [9.17, 15) is 4.57 Å². The molecule has 0 N–H and O–H groups in total. The van der Waals surface area contributed by atoms with Crippen molar-refractivity contribution in [1.29, 1.82) is 0 Å². The van der Waals surface area contributed by atoms with Crippen molar-refractivity contribution in [2.75, 3.05) is 6.16 Å². The van der Waals surface area contributed by atoms with Crippen LogP contribution in [0.25, 0.3) is 0 Å². The van der Waals surface area contributed by atoms with E-state index in [1.54, 1.807) is 0 Å². The maximum absolute atomic E-state index is 12.1. The summed E-state index contributed by atoms with van der Waals surface area (Å²) in [5, 5.41) is 0. The molecule has 0 aromatic heterocycles. The van der Waals surface area contributed by atoms with Gasteiger partial charge in [0.25, 0.3) is 0 Å². The molecule has 19 heavy (non-hydrogen) atoms. The largest absolute Gasteiger partial charge is 0.450 e. The summed E-state index contributed by atoms with van der Waals surface area (Å²) < 4.78 is 21.9. The van der Waals surface area contributed by atoms with E-state index in [0.717, 1.165) is 0 Å². The molecule has 0 unspecified atom stereocenters. The molecule has 0 aliphatic carbocycles. The number of allylic oxidation sites excluding steroid dienone is 1. The third kappa shape index (κ3) is 9.51. The summed E-state index contributed by atoms with van der Waals surface area (Å²) in [7, 11) is -3.39. The molecule has 4 heteroatoms. The van der Waals surface area contributed by atoms with Crippen LogP contribution in [0, 0.1) is 48.7 Å². The lowest BCUT2D eigenvalue weighted by Crippen LogP contribution is -1.91. The molecular weight excluding hydrogens is 259 g/mol. The highest BCUT2D eigenvalue weighted by atomic mass is 31.2. The average molecular weight is 274 g/mol. The minimum atomic E-state index is -3.39. The SMILES string of the molecule is C#CCCC#COP(=O)(CC=C)OC#CCCC#C. The van der Waals surface area contributed by atoms with Crippen LogP contribution < -0.4 is 0 Å². The molecule has 0 rings (SSSR count). The second-order valence-corrected chi connectivity index (χ2v) is 5.18. The van der Waals surface area contributed by atoms with Crippen LogP contribution in [-0.4, -0.2) is 6.16 Å². The van der Waals surface area contributed by atoms with Gasteiger partial charge in [-0.3, -0.25) is 0 Å². The second kappa shape index (κ2) is 10.9. The van der Waals surface area contributed by atoms with Gasteiger partial charge in [-0.25, -0.2) is 4.57 Å². The molecule has 0 aliphatic heterocycles. The zero-order valence-corrected chi connectivity index (χ0v) is 11.5. The lowest BCUT2D eigenvalue weighted by Gasteiger charge is -2.09. The molecule has 0 aliphatic rings. The van der Waals surface area contributed by atoms with Crippen molar-refractivity contribution in [2.24, 2.45) is 0 Å². The van der Waals surface area contributed by atoms with Gasteiger partial charge in [-0.2, -0.15) is 0 Å². The van der Waals surface area contributed by atoms with Crippen LogP contribution in [-0.2, 0) is 13.6 Å². The minimum Gasteiger partial charge on any atom is -0.362 e. The Labute approximate surface area is 115 Å². The number of rotatable bonds is 6. The predicted molar refractivity (Wildman–Crippen MR) is 76.5 cm³/mol. The third-order valence-electron chi connectivity index (χ3n) is 1.66. The first-order valence-corrected chi connectivity index (χ1v) is 7.31. The highest BCUT2D eigenvalue weighted by Gasteiger charge is 2.23. The van der Waals surface area contributed by atoms with Crippen LogP contribution in [0.3, 0.4) is 0 Å². The molecule has 0 radical (unpaired) electrons. The number of hydrogen-bond acceptors (Lipinski definition) is 3. The number of terminal acetylenes is 2. The van der Waals surface area contributed by atoms with Gasteiger partial charge in [-0.15, -0.1) is 31.3 Å². The van der Waals surface area contributed by atoms with Crippen LogP contribution in [0.15, 0.2) is 12.7 Å². The fraction of sp³-hybridized carbons (Fsp3) is 0.333. The third-order valence-corrected chi connectivity index (χ3v) is 3.10. The van der Waals surface area contributed by atoms with Crippen LogP contribution in [0.1, 0.15) is 25.7 Å². The van der Waals surface area contributed by atoms with Crippen LogP contribution in [0.2, 0.25) is 0 Å². The van der Waals surface area contributed by atoms with Gasteiger partial charge in [-0.05, 0) is 0 Å². The van der Waals surface area contributed by atoms with E-state index in [2.05, 4.69) is 42.5 Å². The van der Waals surface area contributed by atoms with Gasteiger partial charge in [0.05, 0.1) is 6.16 Å². The summed E-state index contributed by atoms with van der Waals surface area (Å²) in [4.78, 5) is 0.